The Hall–Kier alpha value is -3.93. The number of aromatic nitrogens is 3. The molecule has 178 valence electrons. The molecule has 0 unspecified atom stereocenters. The predicted octanol–water partition coefficient (Wildman–Crippen LogP) is 2.77. The van der Waals surface area contributed by atoms with Gasteiger partial charge in [0, 0.05) is 24.9 Å². The number of nitrogens with zero attached hydrogens (tertiary/aromatic N) is 4. The van der Waals surface area contributed by atoms with Crippen molar-refractivity contribution in [3.8, 4) is 5.75 Å². The number of amides is 2. The summed E-state index contributed by atoms with van der Waals surface area (Å²) in [5, 5.41) is 24.7. The molecular weight excluding hydrogens is 460 g/mol. The summed E-state index contributed by atoms with van der Waals surface area (Å²) in [5.74, 6) is 0.710. The van der Waals surface area contributed by atoms with E-state index >= 15 is 0 Å². The van der Waals surface area contributed by atoms with Crippen LogP contribution >= 0.6 is 11.8 Å². The zero-order valence-corrected chi connectivity index (χ0v) is 19.7. The topological polar surface area (TPSA) is 141 Å². The van der Waals surface area contributed by atoms with Crippen LogP contribution in [0, 0.1) is 24.0 Å². The molecule has 0 saturated carbocycles. The Kier molecular flexibility index (Phi) is 8.19. The van der Waals surface area contributed by atoms with Crippen molar-refractivity contribution in [1.82, 2.24) is 20.1 Å². The Morgan fingerprint density at radius 2 is 1.76 bits per heavy atom. The molecule has 2 aromatic carbocycles. The molecule has 0 bridgehead atoms. The first kappa shape index (κ1) is 24.7. The van der Waals surface area contributed by atoms with Crippen molar-refractivity contribution in [2.75, 3.05) is 17.7 Å². The van der Waals surface area contributed by atoms with Crippen molar-refractivity contribution < 1.29 is 19.2 Å². The van der Waals surface area contributed by atoms with Crippen molar-refractivity contribution >= 4 is 35.0 Å². The second-order valence-corrected chi connectivity index (χ2v) is 8.33. The van der Waals surface area contributed by atoms with Crippen LogP contribution in [0.1, 0.15) is 17.0 Å². The lowest BCUT2D eigenvalue weighted by molar-refractivity contribution is -0.384. The van der Waals surface area contributed by atoms with Gasteiger partial charge in [0.25, 0.3) is 11.6 Å². The second-order valence-electron chi connectivity index (χ2n) is 7.38. The second kappa shape index (κ2) is 11.3. The SMILES string of the molecule is Cc1cccc(C)c1OCC(=O)NCc1nnc(SCC(=O)Nc2ccc([N+](=O)[O-])cc2)n1C. The summed E-state index contributed by atoms with van der Waals surface area (Å²) in [6.07, 6.45) is 0. The van der Waals surface area contributed by atoms with E-state index in [0.717, 1.165) is 11.1 Å². The number of non-ortho nitro benzene ring substituents is 1. The van der Waals surface area contributed by atoms with E-state index in [1.165, 1.54) is 36.0 Å². The number of hydrogen-bond acceptors (Lipinski definition) is 8. The molecule has 0 aliphatic carbocycles. The number of carbonyl (C=O) groups is 2. The molecule has 1 aromatic heterocycles. The van der Waals surface area contributed by atoms with Gasteiger partial charge < -0.3 is 19.9 Å². The van der Waals surface area contributed by atoms with Gasteiger partial charge in [0.15, 0.2) is 17.6 Å². The largest absolute Gasteiger partial charge is 0.483 e. The van der Waals surface area contributed by atoms with Gasteiger partial charge in [0.1, 0.15) is 5.75 Å². The minimum atomic E-state index is -0.506. The molecule has 2 N–H and O–H groups in total. The summed E-state index contributed by atoms with van der Waals surface area (Å²) in [6.45, 7) is 3.89. The van der Waals surface area contributed by atoms with Gasteiger partial charge in [-0.2, -0.15) is 0 Å². The van der Waals surface area contributed by atoms with Crippen LogP contribution in [0.5, 0.6) is 5.75 Å². The van der Waals surface area contributed by atoms with Gasteiger partial charge in [0.05, 0.1) is 17.2 Å². The highest BCUT2D eigenvalue weighted by Gasteiger charge is 2.14. The van der Waals surface area contributed by atoms with Crippen LogP contribution < -0.4 is 15.4 Å². The molecule has 2 amide bonds. The van der Waals surface area contributed by atoms with Crippen LogP contribution in [0.4, 0.5) is 11.4 Å². The molecule has 0 spiro atoms. The molecule has 1 heterocycles. The van der Waals surface area contributed by atoms with Crippen molar-refractivity contribution in [1.29, 1.82) is 0 Å². The highest BCUT2D eigenvalue weighted by atomic mass is 32.2. The van der Waals surface area contributed by atoms with Crippen molar-refractivity contribution in [2.45, 2.75) is 25.5 Å². The zero-order valence-electron chi connectivity index (χ0n) is 18.9. The van der Waals surface area contributed by atoms with Crippen molar-refractivity contribution in [3.63, 3.8) is 0 Å². The number of nitro benzene ring substituents is 1. The molecule has 34 heavy (non-hydrogen) atoms. The number of ether oxygens (including phenoxy) is 1. The standard InChI is InChI=1S/C22H24N6O5S/c1-14-5-4-6-15(2)21(14)33-12-19(29)23-11-18-25-26-22(27(18)3)34-13-20(30)24-16-7-9-17(10-8-16)28(31)32/h4-10H,11-13H2,1-3H3,(H,23,29)(H,24,30). The fourth-order valence-corrected chi connectivity index (χ4v) is 3.74. The monoisotopic (exact) mass is 484 g/mol. The summed E-state index contributed by atoms with van der Waals surface area (Å²) in [4.78, 5) is 34.6. The number of aryl methyl sites for hydroxylation is 2. The summed E-state index contributed by atoms with van der Waals surface area (Å²) < 4.78 is 7.34. The average Bonchev–Trinajstić information content (AvgIpc) is 3.15. The number of rotatable bonds is 10. The molecule has 0 atom stereocenters. The first-order valence-electron chi connectivity index (χ1n) is 10.3. The number of nitro groups is 1. The third-order valence-electron chi connectivity index (χ3n) is 4.82. The fourth-order valence-electron chi connectivity index (χ4n) is 3.01. The van der Waals surface area contributed by atoms with E-state index in [0.29, 0.717) is 22.4 Å². The Morgan fingerprint density at radius 3 is 2.41 bits per heavy atom. The maximum Gasteiger partial charge on any atom is 0.269 e. The smallest absolute Gasteiger partial charge is 0.269 e. The van der Waals surface area contributed by atoms with E-state index in [1.807, 2.05) is 32.0 Å². The van der Waals surface area contributed by atoms with Gasteiger partial charge in [-0.1, -0.05) is 30.0 Å². The first-order valence-corrected chi connectivity index (χ1v) is 11.2. The first-order chi connectivity index (χ1) is 16.2. The molecule has 3 aromatic rings. The molecular formula is C22H24N6O5S. The van der Waals surface area contributed by atoms with E-state index in [-0.39, 0.29) is 36.4 Å². The lowest BCUT2D eigenvalue weighted by Gasteiger charge is -2.12. The van der Waals surface area contributed by atoms with Crippen LogP contribution in [-0.2, 0) is 23.2 Å². The fraction of sp³-hybridized carbons (Fsp3) is 0.273. The van der Waals surface area contributed by atoms with Crippen LogP contribution in [0.3, 0.4) is 0 Å². The summed E-state index contributed by atoms with van der Waals surface area (Å²) in [6, 6.07) is 11.3. The number of carbonyl (C=O) groups excluding carboxylic acids is 2. The Balaban J connectivity index is 1.45. The number of thioether (sulfide) groups is 1. The number of benzene rings is 2. The van der Waals surface area contributed by atoms with E-state index in [1.54, 1.807) is 11.6 Å². The van der Waals surface area contributed by atoms with Gasteiger partial charge in [-0.3, -0.25) is 19.7 Å². The van der Waals surface area contributed by atoms with Gasteiger partial charge in [-0.15, -0.1) is 10.2 Å². The normalized spacial score (nSPS) is 10.6. The van der Waals surface area contributed by atoms with Gasteiger partial charge in [-0.25, -0.2) is 0 Å². The van der Waals surface area contributed by atoms with Crippen LogP contribution in [-0.4, -0.2) is 43.9 Å². The van der Waals surface area contributed by atoms with Crippen molar-refractivity contribution in [3.05, 3.63) is 69.5 Å². The van der Waals surface area contributed by atoms with E-state index in [4.69, 9.17) is 4.74 Å². The number of para-hydroxylation sites is 1. The lowest BCUT2D eigenvalue weighted by atomic mass is 10.1. The van der Waals surface area contributed by atoms with Crippen LogP contribution in [0.2, 0.25) is 0 Å². The molecule has 3 rings (SSSR count). The zero-order chi connectivity index (χ0) is 24.7. The minimum Gasteiger partial charge on any atom is -0.483 e. The average molecular weight is 485 g/mol. The van der Waals surface area contributed by atoms with E-state index in [9.17, 15) is 19.7 Å². The highest BCUT2D eigenvalue weighted by molar-refractivity contribution is 7.99. The third kappa shape index (κ3) is 6.54. The van der Waals surface area contributed by atoms with E-state index in [2.05, 4.69) is 20.8 Å². The minimum absolute atomic E-state index is 0.0528. The van der Waals surface area contributed by atoms with Gasteiger partial charge in [0.2, 0.25) is 5.91 Å². The molecule has 0 saturated heterocycles. The number of anilines is 1. The number of nitrogens with one attached hydrogen (secondary N) is 2. The molecule has 0 aliphatic rings. The lowest BCUT2D eigenvalue weighted by Crippen LogP contribution is -2.29. The molecule has 0 fully saturated rings. The van der Waals surface area contributed by atoms with Crippen LogP contribution in [0.25, 0.3) is 0 Å². The van der Waals surface area contributed by atoms with Gasteiger partial charge in [-0.05, 0) is 37.1 Å². The Morgan fingerprint density at radius 1 is 1.09 bits per heavy atom. The predicted molar refractivity (Wildman–Crippen MR) is 127 cm³/mol. The maximum atomic E-state index is 12.2. The molecule has 12 heteroatoms. The summed E-state index contributed by atoms with van der Waals surface area (Å²) >= 11 is 1.18. The quantitative estimate of drug-likeness (QED) is 0.254. The Bertz CT molecular complexity index is 1170. The Labute approximate surface area is 200 Å². The highest BCUT2D eigenvalue weighted by Crippen LogP contribution is 2.22. The van der Waals surface area contributed by atoms with E-state index < -0.39 is 4.92 Å². The van der Waals surface area contributed by atoms with Crippen LogP contribution in [0.15, 0.2) is 47.6 Å². The number of hydrogen-bond donors (Lipinski definition) is 2. The van der Waals surface area contributed by atoms with Gasteiger partial charge >= 0.3 is 0 Å². The molecule has 0 radical (unpaired) electrons. The summed E-state index contributed by atoms with van der Waals surface area (Å²) in [7, 11) is 1.74. The van der Waals surface area contributed by atoms with Crippen molar-refractivity contribution in [2.24, 2.45) is 7.05 Å². The third-order valence-corrected chi connectivity index (χ3v) is 5.84. The maximum absolute atomic E-state index is 12.2. The summed E-state index contributed by atoms with van der Waals surface area (Å²) in [5.41, 5.74) is 2.32. The molecule has 0 aliphatic heterocycles. The molecule has 11 nitrogen and oxygen atoms in total.